The van der Waals surface area contributed by atoms with Crippen LogP contribution in [0.1, 0.15) is 50.5 Å². The molecule has 2 N–H and O–H groups in total. The highest BCUT2D eigenvalue weighted by molar-refractivity contribution is 5.76. The number of benzene rings is 1. The first-order chi connectivity index (χ1) is 13.3. The number of piperidine rings is 1. The van der Waals surface area contributed by atoms with Gasteiger partial charge in [0, 0.05) is 32.1 Å². The summed E-state index contributed by atoms with van der Waals surface area (Å²) in [6, 6.07) is 9.16. The molecule has 3 rings (SSSR count). The molecular weight excluding hydrogens is 338 g/mol. The summed E-state index contributed by atoms with van der Waals surface area (Å²) in [6.45, 7) is 4.97. The number of hydrogen-bond acceptors (Lipinski definition) is 4. The third-order valence-electron chi connectivity index (χ3n) is 5.86. The zero-order valence-electron chi connectivity index (χ0n) is 16.6. The van der Waals surface area contributed by atoms with Crippen molar-refractivity contribution in [3.05, 3.63) is 29.8 Å². The minimum absolute atomic E-state index is 0.239. The van der Waals surface area contributed by atoms with Crippen LogP contribution in [0.4, 0.5) is 0 Å². The molecule has 1 unspecified atom stereocenters. The zero-order valence-corrected chi connectivity index (χ0v) is 16.6. The molecule has 1 saturated heterocycles. The maximum Gasteiger partial charge on any atom is 0.222 e. The Labute approximate surface area is 163 Å². The van der Waals surface area contributed by atoms with Gasteiger partial charge in [-0.2, -0.15) is 0 Å². The number of fused-ring (bicyclic) bond motifs is 3. The number of amides is 1. The average molecular weight is 374 g/mol. The lowest BCUT2D eigenvalue weighted by Crippen LogP contribution is -2.45. The van der Waals surface area contributed by atoms with Gasteiger partial charge in [0.25, 0.3) is 0 Å². The molecule has 27 heavy (non-hydrogen) atoms. The van der Waals surface area contributed by atoms with Crippen LogP contribution in [0.2, 0.25) is 0 Å². The predicted octanol–water partition coefficient (Wildman–Crippen LogP) is 2.82. The summed E-state index contributed by atoms with van der Waals surface area (Å²) >= 11 is 0. The minimum Gasteiger partial charge on any atom is -0.494 e. The Morgan fingerprint density at radius 3 is 2.93 bits per heavy atom. The first kappa shape index (κ1) is 20.2. The number of carbonyl (C=O) groups is 1. The van der Waals surface area contributed by atoms with Gasteiger partial charge in [0.1, 0.15) is 5.75 Å². The Balaban J connectivity index is 1.70. The van der Waals surface area contributed by atoms with Crippen molar-refractivity contribution in [2.75, 3.05) is 39.3 Å². The molecule has 0 aromatic heterocycles. The summed E-state index contributed by atoms with van der Waals surface area (Å²) in [5.74, 6) is 1.19. The van der Waals surface area contributed by atoms with Crippen LogP contribution in [0.5, 0.6) is 5.75 Å². The summed E-state index contributed by atoms with van der Waals surface area (Å²) < 4.78 is 5.94. The van der Waals surface area contributed by atoms with Crippen molar-refractivity contribution in [1.29, 1.82) is 0 Å². The highest BCUT2D eigenvalue weighted by Gasteiger charge is 2.23. The summed E-state index contributed by atoms with van der Waals surface area (Å²) in [4.78, 5) is 17.3. The fourth-order valence-electron chi connectivity index (χ4n) is 4.27. The van der Waals surface area contributed by atoms with Crippen molar-refractivity contribution >= 4 is 5.91 Å². The van der Waals surface area contributed by atoms with Gasteiger partial charge in [0.2, 0.25) is 5.91 Å². The SMILES string of the molecule is NCCCC(=O)N1CCCOc2cccc(c2)CCC2CCCCN2CC1. The number of aryl methyl sites for hydroxylation is 1. The van der Waals surface area contributed by atoms with E-state index in [0.717, 1.165) is 44.6 Å². The first-order valence-electron chi connectivity index (χ1n) is 10.7. The van der Waals surface area contributed by atoms with Gasteiger partial charge in [-0.3, -0.25) is 9.69 Å². The van der Waals surface area contributed by atoms with Gasteiger partial charge < -0.3 is 15.4 Å². The molecule has 0 saturated carbocycles. The lowest BCUT2D eigenvalue weighted by atomic mass is 9.95. The van der Waals surface area contributed by atoms with E-state index in [9.17, 15) is 4.79 Å². The lowest BCUT2D eigenvalue weighted by molar-refractivity contribution is -0.131. The van der Waals surface area contributed by atoms with Crippen LogP contribution < -0.4 is 10.5 Å². The molecule has 1 amide bonds. The van der Waals surface area contributed by atoms with Crippen LogP contribution >= 0.6 is 0 Å². The van der Waals surface area contributed by atoms with Crippen LogP contribution in [0.15, 0.2) is 24.3 Å². The second-order valence-corrected chi connectivity index (χ2v) is 7.85. The van der Waals surface area contributed by atoms with E-state index in [-0.39, 0.29) is 5.91 Å². The second-order valence-electron chi connectivity index (χ2n) is 7.85. The van der Waals surface area contributed by atoms with Gasteiger partial charge in [-0.25, -0.2) is 0 Å². The summed E-state index contributed by atoms with van der Waals surface area (Å²) in [7, 11) is 0. The topological polar surface area (TPSA) is 58.8 Å². The molecule has 2 aliphatic rings. The summed E-state index contributed by atoms with van der Waals surface area (Å²) in [6.07, 6.45) is 8.35. The van der Waals surface area contributed by atoms with Crippen molar-refractivity contribution in [3.63, 3.8) is 0 Å². The van der Waals surface area contributed by atoms with E-state index in [4.69, 9.17) is 10.5 Å². The van der Waals surface area contributed by atoms with E-state index in [0.29, 0.717) is 25.6 Å². The Hall–Kier alpha value is -1.59. The van der Waals surface area contributed by atoms with Crippen molar-refractivity contribution in [2.45, 2.75) is 57.4 Å². The Bertz CT molecular complexity index is 593. The maximum atomic E-state index is 12.6. The smallest absolute Gasteiger partial charge is 0.222 e. The van der Waals surface area contributed by atoms with E-state index in [2.05, 4.69) is 23.1 Å². The standard InChI is InChI=1S/C22H35N3O2/c23-12-4-9-22(26)25-14-5-17-27-21-8-3-6-19(18-21)10-11-20-7-1-2-13-24(20)15-16-25/h3,6,8,18,20H,1-2,4-5,7,9-17,23H2. The van der Waals surface area contributed by atoms with E-state index >= 15 is 0 Å². The normalized spacial score (nSPS) is 22.4. The summed E-state index contributed by atoms with van der Waals surface area (Å²) in [5, 5.41) is 0. The molecule has 2 bridgehead atoms. The highest BCUT2D eigenvalue weighted by atomic mass is 16.5. The zero-order chi connectivity index (χ0) is 18.9. The van der Waals surface area contributed by atoms with Gasteiger partial charge in [0.15, 0.2) is 0 Å². The van der Waals surface area contributed by atoms with Crippen LogP contribution in [0.3, 0.4) is 0 Å². The van der Waals surface area contributed by atoms with Crippen LogP contribution in [-0.2, 0) is 11.2 Å². The molecule has 150 valence electrons. The Kier molecular flexibility index (Phi) is 7.96. The highest BCUT2D eigenvalue weighted by Crippen LogP contribution is 2.23. The number of nitrogens with zero attached hydrogens (tertiary/aromatic N) is 2. The lowest BCUT2D eigenvalue weighted by Gasteiger charge is -2.37. The molecule has 1 fully saturated rings. The fraction of sp³-hybridized carbons (Fsp3) is 0.682. The molecule has 1 aromatic rings. The van der Waals surface area contributed by atoms with Gasteiger partial charge in [0.05, 0.1) is 6.61 Å². The average Bonchev–Trinajstić information content (AvgIpc) is 2.70. The number of nitrogens with two attached hydrogens (primary N) is 1. The third-order valence-corrected chi connectivity index (χ3v) is 5.86. The largest absolute Gasteiger partial charge is 0.494 e. The molecule has 0 spiro atoms. The quantitative estimate of drug-likeness (QED) is 0.885. The molecular formula is C22H35N3O2. The molecule has 2 aliphatic heterocycles. The van der Waals surface area contributed by atoms with Gasteiger partial charge >= 0.3 is 0 Å². The van der Waals surface area contributed by atoms with Crippen molar-refractivity contribution in [3.8, 4) is 5.75 Å². The van der Waals surface area contributed by atoms with E-state index in [1.165, 1.54) is 37.8 Å². The molecule has 0 radical (unpaired) electrons. The number of ether oxygens (including phenoxy) is 1. The minimum atomic E-state index is 0.239. The van der Waals surface area contributed by atoms with Crippen LogP contribution in [-0.4, -0.2) is 61.1 Å². The fourth-order valence-corrected chi connectivity index (χ4v) is 4.27. The van der Waals surface area contributed by atoms with Crippen LogP contribution in [0, 0.1) is 0 Å². The van der Waals surface area contributed by atoms with Crippen molar-refractivity contribution in [2.24, 2.45) is 5.73 Å². The molecule has 1 aromatic carbocycles. The van der Waals surface area contributed by atoms with Gasteiger partial charge in [-0.15, -0.1) is 0 Å². The van der Waals surface area contributed by atoms with Crippen molar-refractivity contribution in [1.82, 2.24) is 9.80 Å². The van der Waals surface area contributed by atoms with E-state index in [1.807, 2.05) is 11.0 Å². The van der Waals surface area contributed by atoms with E-state index in [1.54, 1.807) is 0 Å². The van der Waals surface area contributed by atoms with Crippen LogP contribution in [0.25, 0.3) is 0 Å². The van der Waals surface area contributed by atoms with Gasteiger partial charge in [-0.1, -0.05) is 18.6 Å². The molecule has 2 heterocycles. The number of carbonyl (C=O) groups excluding carboxylic acids is 1. The molecule has 5 nitrogen and oxygen atoms in total. The number of rotatable bonds is 3. The van der Waals surface area contributed by atoms with E-state index < -0.39 is 0 Å². The predicted molar refractivity (Wildman–Crippen MR) is 109 cm³/mol. The Morgan fingerprint density at radius 1 is 1.11 bits per heavy atom. The Morgan fingerprint density at radius 2 is 2.04 bits per heavy atom. The monoisotopic (exact) mass is 373 g/mol. The molecule has 1 atom stereocenters. The second kappa shape index (κ2) is 10.7. The first-order valence-corrected chi connectivity index (χ1v) is 10.7. The third kappa shape index (κ3) is 6.22. The number of hydrogen-bond donors (Lipinski definition) is 1. The van der Waals surface area contributed by atoms with Gasteiger partial charge in [-0.05, 0) is 69.3 Å². The van der Waals surface area contributed by atoms with Crippen molar-refractivity contribution < 1.29 is 9.53 Å². The summed E-state index contributed by atoms with van der Waals surface area (Å²) in [5.41, 5.74) is 6.97. The molecule has 5 heteroatoms. The maximum absolute atomic E-state index is 12.6. The molecule has 0 aliphatic carbocycles.